The number of β-amino-alcohol motifs (C(OH)–C–C–N with tert-alkyl or cyclic N) is 1. The SMILES string of the molecule is CCOC(=O)[C@@]12CCC(=O)N1C[C@H](O)C2. The maximum atomic E-state index is 11.8. The third-order valence-corrected chi connectivity index (χ3v) is 3.19. The molecule has 2 aliphatic heterocycles. The molecule has 84 valence electrons. The van der Waals surface area contributed by atoms with E-state index in [9.17, 15) is 14.7 Å². The van der Waals surface area contributed by atoms with Gasteiger partial charge in [0.25, 0.3) is 0 Å². The molecule has 0 aromatic carbocycles. The minimum Gasteiger partial charge on any atom is -0.464 e. The molecule has 2 saturated heterocycles. The maximum absolute atomic E-state index is 11.8. The van der Waals surface area contributed by atoms with E-state index in [0.717, 1.165) is 0 Å². The van der Waals surface area contributed by atoms with Gasteiger partial charge >= 0.3 is 5.97 Å². The van der Waals surface area contributed by atoms with Crippen LogP contribution in [0.15, 0.2) is 0 Å². The van der Waals surface area contributed by atoms with Gasteiger partial charge in [-0.25, -0.2) is 4.79 Å². The highest BCUT2D eigenvalue weighted by molar-refractivity contribution is 5.92. The van der Waals surface area contributed by atoms with Crippen LogP contribution in [-0.4, -0.2) is 46.7 Å². The average Bonchev–Trinajstić information content (AvgIpc) is 2.66. The molecular formula is C10H15NO4. The lowest BCUT2D eigenvalue weighted by molar-refractivity contribution is -0.157. The van der Waals surface area contributed by atoms with Crippen molar-refractivity contribution in [3.8, 4) is 0 Å². The summed E-state index contributed by atoms with van der Waals surface area (Å²) in [6.07, 6.45) is 0.573. The normalized spacial score (nSPS) is 34.4. The van der Waals surface area contributed by atoms with Crippen molar-refractivity contribution >= 4 is 11.9 Å². The van der Waals surface area contributed by atoms with Gasteiger partial charge in [0.2, 0.25) is 5.91 Å². The van der Waals surface area contributed by atoms with Crippen molar-refractivity contribution in [1.29, 1.82) is 0 Å². The molecule has 0 unspecified atom stereocenters. The van der Waals surface area contributed by atoms with Crippen LogP contribution in [0.3, 0.4) is 0 Å². The van der Waals surface area contributed by atoms with Crippen LogP contribution in [0.25, 0.3) is 0 Å². The van der Waals surface area contributed by atoms with Gasteiger partial charge in [0.1, 0.15) is 5.54 Å². The van der Waals surface area contributed by atoms with Crippen LogP contribution in [0.1, 0.15) is 26.2 Å². The predicted octanol–water partition coefficient (Wildman–Crippen LogP) is -0.325. The molecule has 2 rings (SSSR count). The Morgan fingerprint density at radius 2 is 2.47 bits per heavy atom. The number of aliphatic hydroxyl groups is 1. The van der Waals surface area contributed by atoms with Gasteiger partial charge in [-0.1, -0.05) is 0 Å². The Kier molecular flexibility index (Phi) is 2.42. The summed E-state index contributed by atoms with van der Waals surface area (Å²) in [6, 6.07) is 0. The monoisotopic (exact) mass is 213 g/mol. The Morgan fingerprint density at radius 1 is 1.73 bits per heavy atom. The zero-order chi connectivity index (χ0) is 11.1. The zero-order valence-corrected chi connectivity index (χ0v) is 8.73. The van der Waals surface area contributed by atoms with E-state index in [1.807, 2.05) is 0 Å². The van der Waals surface area contributed by atoms with Crippen molar-refractivity contribution in [1.82, 2.24) is 4.90 Å². The molecule has 1 amide bonds. The first-order valence-electron chi connectivity index (χ1n) is 5.26. The molecule has 1 N–H and O–H groups in total. The van der Waals surface area contributed by atoms with E-state index < -0.39 is 11.6 Å². The predicted molar refractivity (Wildman–Crippen MR) is 50.9 cm³/mol. The van der Waals surface area contributed by atoms with Crippen molar-refractivity contribution in [2.45, 2.75) is 37.8 Å². The number of hydrogen-bond donors (Lipinski definition) is 1. The number of esters is 1. The van der Waals surface area contributed by atoms with Gasteiger partial charge in [0.05, 0.1) is 12.7 Å². The molecule has 0 bridgehead atoms. The molecule has 2 atom stereocenters. The van der Waals surface area contributed by atoms with Crippen LogP contribution in [0.2, 0.25) is 0 Å². The van der Waals surface area contributed by atoms with Crippen LogP contribution in [0.5, 0.6) is 0 Å². The molecule has 2 fully saturated rings. The number of ether oxygens (including phenoxy) is 1. The molecule has 0 spiro atoms. The van der Waals surface area contributed by atoms with Crippen LogP contribution >= 0.6 is 0 Å². The van der Waals surface area contributed by atoms with E-state index in [2.05, 4.69) is 0 Å². The lowest BCUT2D eigenvalue weighted by atomic mass is 9.93. The van der Waals surface area contributed by atoms with E-state index in [4.69, 9.17) is 4.74 Å². The number of nitrogens with zero attached hydrogens (tertiary/aromatic N) is 1. The van der Waals surface area contributed by atoms with Crippen molar-refractivity contribution in [2.24, 2.45) is 0 Å². The molecular weight excluding hydrogens is 198 g/mol. The molecule has 0 aromatic heterocycles. The molecule has 0 aromatic rings. The minimum atomic E-state index is -0.869. The van der Waals surface area contributed by atoms with E-state index in [0.29, 0.717) is 25.9 Å². The topological polar surface area (TPSA) is 66.8 Å². The smallest absolute Gasteiger partial charge is 0.332 e. The average molecular weight is 213 g/mol. The van der Waals surface area contributed by atoms with Crippen LogP contribution in [0.4, 0.5) is 0 Å². The fourth-order valence-corrected chi connectivity index (χ4v) is 2.54. The fourth-order valence-electron chi connectivity index (χ4n) is 2.54. The first kappa shape index (κ1) is 10.4. The van der Waals surface area contributed by atoms with Gasteiger partial charge in [-0.05, 0) is 13.3 Å². The molecule has 5 heteroatoms. The van der Waals surface area contributed by atoms with E-state index in [1.54, 1.807) is 6.92 Å². The molecule has 15 heavy (non-hydrogen) atoms. The Labute approximate surface area is 88.0 Å². The molecule has 0 aliphatic carbocycles. The van der Waals surface area contributed by atoms with Gasteiger partial charge in [0, 0.05) is 19.4 Å². The standard InChI is InChI=1S/C10H15NO4/c1-2-15-9(14)10-4-3-8(13)11(10)6-7(12)5-10/h7,12H,2-6H2,1H3/t7-,10+/m1/s1. The summed E-state index contributed by atoms with van der Waals surface area (Å²) in [5.74, 6) is -0.424. The summed E-state index contributed by atoms with van der Waals surface area (Å²) >= 11 is 0. The summed E-state index contributed by atoms with van der Waals surface area (Å²) in [5.41, 5.74) is -0.869. The minimum absolute atomic E-state index is 0.0559. The zero-order valence-electron chi connectivity index (χ0n) is 8.73. The quantitative estimate of drug-likeness (QED) is 0.638. The van der Waals surface area contributed by atoms with Crippen LogP contribution in [-0.2, 0) is 14.3 Å². The molecule has 0 saturated carbocycles. The summed E-state index contributed by atoms with van der Waals surface area (Å²) in [4.78, 5) is 24.8. The van der Waals surface area contributed by atoms with Crippen molar-refractivity contribution in [3.63, 3.8) is 0 Å². The third kappa shape index (κ3) is 1.42. The van der Waals surface area contributed by atoms with Gasteiger partial charge < -0.3 is 14.7 Å². The van der Waals surface area contributed by atoms with Gasteiger partial charge in [-0.15, -0.1) is 0 Å². The highest BCUT2D eigenvalue weighted by Crippen LogP contribution is 2.40. The fraction of sp³-hybridized carbons (Fsp3) is 0.800. The number of hydrogen-bond acceptors (Lipinski definition) is 4. The number of carbonyl (C=O) groups is 2. The Morgan fingerprint density at radius 3 is 3.13 bits per heavy atom. The largest absolute Gasteiger partial charge is 0.464 e. The second-order valence-electron chi connectivity index (χ2n) is 4.11. The van der Waals surface area contributed by atoms with Crippen LogP contribution in [0, 0.1) is 0 Å². The first-order chi connectivity index (χ1) is 7.10. The lowest BCUT2D eigenvalue weighted by Gasteiger charge is -2.28. The molecule has 0 radical (unpaired) electrons. The third-order valence-electron chi connectivity index (χ3n) is 3.19. The van der Waals surface area contributed by atoms with Crippen molar-refractivity contribution < 1.29 is 19.4 Å². The summed E-state index contributed by atoms with van der Waals surface area (Å²) in [6.45, 7) is 2.30. The lowest BCUT2D eigenvalue weighted by Crippen LogP contribution is -2.48. The van der Waals surface area contributed by atoms with Crippen molar-refractivity contribution in [3.05, 3.63) is 0 Å². The number of fused-ring (bicyclic) bond motifs is 1. The van der Waals surface area contributed by atoms with Gasteiger partial charge in [-0.2, -0.15) is 0 Å². The van der Waals surface area contributed by atoms with Gasteiger partial charge in [-0.3, -0.25) is 4.79 Å². The Hall–Kier alpha value is -1.10. The number of amides is 1. The summed E-state index contributed by atoms with van der Waals surface area (Å²) in [7, 11) is 0. The van der Waals surface area contributed by atoms with E-state index in [-0.39, 0.29) is 18.4 Å². The maximum Gasteiger partial charge on any atom is 0.332 e. The van der Waals surface area contributed by atoms with E-state index in [1.165, 1.54) is 4.90 Å². The Bertz CT molecular complexity index is 304. The first-order valence-corrected chi connectivity index (χ1v) is 5.26. The molecule has 5 nitrogen and oxygen atoms in total. The number of rotatable bonds is 2. The van der Waals surface area contributed by atoms with E-state index >= 15 is 0 Å². The van der Waals surface area contributed by atoms with Crippen molar-refractivity contribution in [2.75, 3.05) is 13.2 Å². The number of aliphatic hydroxyl groups excluding tert-OH is 1. The van der Waals surface area contributed by atoms with Gasteiger partial charge in [0.15, 0.2) is 0 Å². The van der Waals surface area contributed by atoms with Crippen LogP contribution < -0.4 is 0 Å². The Balaban J connectivity index is 2.24. The number of carbonyl (C=O) groups excluding carboxylic acids is 2. The summed E-state index contributed by atoms with van der Waals surface area (Å²) in [5, 5.41) is 9.53. The highest BCUT2D eigenvalue weighted by Gasteiger charge is 2.57. The second kappa shape index (κ2) is 3.48. The second-order valence-corrected chi connectivity index (χ2v) is 4.11. The summed E-state index contributed by atoms with van der Waals surface area (Å²) < 4.78 is 4.98. The highest BCUT2D eigenvalue weighted by atomic mass is 16.5. The molecule has 2 heterocycles. The molecule has 2 aliphatic rings.